The van der Waals surface area contributed by atoms with E-state index < -0.39 is 47.7 Å². The molecule has 0 radical (unpaired) electrons. The van der Waals surface area contributed by atoms with Crippen molar-refractivity contribution in [3.8, 4) is 0 Å². The second kappa shape index (κ2) is 32.5. The van der Waals surface area contributed by atoms with Gasteiger partial charge in [0.2, 0.25) is 0 Å². The van der Waals surface area contributed by atoms with Gasteiger partial charge in [-0.05, 0) is 323 Å². The van der Waals surface area contributed by atoms with Gasteiger partial charge in [0.1, 0.15) is 0 Å². The highest BCUT2D eigenvalue weighted by molar-refractivity contribution is 5.69. The first kappa shape index (κ1) is 77.3. The van der Waals surface area contributed by atoms with Crippen LogP contribution in [0.25, 0.3) is 0 Å². The molecule has 13 heteroatoms. The van der Waals surface area contributed by atoms with Gasteiger partial charge in [0.25, 0.3) is 0 Å². The zero-order valence-electron chi connectivity index (χ0n) is 63.6. The van der Waals surface area contributed by atoms with Crippen LogP contribution in [0.5, 0.6) is 0 Å². The van der Waals surface area contributed by atoms with Gasteiger partial charge in [0.05, 0.1) is 37.1 Å². The number of hydrogen-bond donors (Lipinski definition) is 8. The van der Waals surface area contributed by atoms with Crippen molar-refractivity contribution in [1.29, 1.82) is 0 Å². The van der Waals surface area contributed by atoms with Gasteiger partial charge in [-0.3, -0.25) is 24.0 Å². The van der Waals surface area contributed by atoms with E-state index in [4.69, 9.17) is 25.5 Å². The Labute approximate surface area is 598 Å². The van der Waals surface area contributed by atoms with E-state index in [9.17, 15) is 39.3 Å². The summed E-state index contributed by atoms with van der Waals surface area (Å²) in [6.07, 6.45) is 33.6. The van der Waals surface area contributed by atoms with Crippen molar-refractivity contribution in [3.05, 3.63) is 0 Å². The molecule has 38 unspecified atom stereocenters. The molecule has 0 aliphatic heterocycles. The summed E-state index contributed by atoms with van der Waals surface area (Å²) in [4.78, 5) is 54.5. The molecule has 10 bridgehead atoms. The van der Waals surface area contributed by atoms with Crippen molar-refractivity contribution in [2.24, 2.45) is 207 Å². The topological polar surface area (TPSA) is 247 Å². The highest BCUT2D eigenvalue weighted by Crippen LogP contribution is 2.71. The first-order valence-corrected chi connectivity index (χ1v) is 42.5. The van der Waals surface area contributed by atoms with Gasteiger partial charge >= 0.3 is 29.8 Å². The number of carbonyl (C=O) groups is 5. The third kappa shape index (κ3) is 15.2. The molecule has 0 heterocycles. The molecular formula is C86H142O13. The van der Waals surface area contributed by atoms with Gasteiger partial charge in [-0.2, -0.15) is 0 Å². The van der Waals surface area contributed by atoms with E-state index in [-0.39, 0.29) is 31.1 Å². The van der Waals surface area contributed by atoms with Gasteiger partial charge < -0.3 is 40.9 Å². The monoisotopic (exact) mass is 1380 g/mol. The minimum atomic E-state index is -1.03. The average molecular weight is 1380 g/mol. The van der Waals surface area contributed by atoms with Gasteiger partial charge in [-0.15, -0.1) is 0 Å². The van der Waals surface area contributed by atoms with Crippen molar-refractivity contribution in [1.82, 2.24) is 0 Å². The van der Waals surface area contributed by atoms with Crippen LogP contribution in [-0.4, -0.2) is 88.5 Å². The first-order chi connectivity index (χ1) is 47.3. The summed E-state index contributed by atoms with van der Waals surface area (Å²) in [6, 6.07) is 0. The number of aliphatic hydroxyl groups is 3. The van der Waals surface area contributed by atoms with E-state index in [1.54, 1.807) is 6.92 Å². The van der Waals surface area contributed by atoms with E-state index in [1.807, 2.05) is 0 Å². The Hall–Kier alpha value is -2.77. The third-order valence-electron chi connectivity index (χ3n) is 34.2. The number of aliphatic hydroxyl groups excluding tert-OH is 2. The lowest BCUT2D eigenvalue weighted by molar-refractivity contribution is -0.146. The normalized spacial score (nSPS) is 47.5. The first-order valence-electron chi connectivity index (χ1n) is 42.5. The predicted molar refractivity (Wildman–Crippen MR) is 387 cm³/mol. The lowest BCUT2D eigenvalue weighted by atomic mass is 9.65. The van der Waals surface area contributed by atoms with Crippen LogP contribution in [0.1, 0.15) is 282 Å². The maximum Gasteiger partial charge on any atom is 0.306 e. The molecule has 15 saturated carbocycles. The standard InChI is InChI=1S/2C18H30O3.C17H28O3.C17H28O2.C16H26O2/c1-4-10-6-11(5-2)17-13-7-12(16(10)17)8-14(13)18(3,21)9-15(19)20;1-3-10-5-11(4-2)18-15-8-13(17(10)18)6-12(15)7-14(19)9-16(20)21;1-3-9-5-10(4-2)17-13-7-11(16(9)17)6-12(13)14(18)8-15(19)20;1-3-10-7-11(4-2)17-14-9-13(16(10)17)8-12(14)5-6-15(18)19;1-3-9-5-10(4-2)16-13-7-12(15(9)16)6-11(13)8-14(17)18/h10-14,16-17,21H,4-9H2,1-3H3,(H,19,20);10-15,17-19H,3-9H2,1-2H3,(H,20,21);9-14,16-18H,3-8H2,1-2H3,(H,19,20);10-14,16-17H,3-9H2,1-2H3,(H,18,19);9-13,15-16H,3-8H2,1-2H3,(H,17,18). The maximum absolute atomic E-state index is 11.1. The summed E-state index contributed by atoms with van der Waals surface area (Å²) in [5, 5.41) is 75.8. The predicted octanol–water partition coefficient (Wildman–Crippen LogP) is 18.3. The quantitative estimate of drug-likeness (QED) is 0.0424. The second-order valence-electron chi connectivity index (χ2n) is 37.8. The molecule has 0 spiro atoms. The van der Waals surface area contributed by atoms with Crippen molar-refractivity contribution in [2.75, 3.05) is 0 Å². The molecule has 13 nitrogen and oxygen atoms in total. The third-order valence-corrected chi connectivity index (χ3v) is 34.2. The van der Waals surface area contributed by atoms with E-state index in [0.717, 1.165) is 191 Å². The molecular weight excluding hydrogens is 1240 g/mol. The molecule has 0 amide bonds. The Morgan fingerprint density at radius 3 is 1.04 bits per heavy atom. The Morgan fingerprint density at radius 2 is 0.657 bits per heavy atom. The summed E-state index contributed by atoms with van der Waals surface area (Å²) in [6.45, 7) is 25.1. The van der Waals surface area contributed by atoms with Crippen LogP contribution in [0.2, 0.25) is 0 Å². The Bertz CT molecular complexity index is 2710. The van der Waals surface area contributed by atoms with Crippen molar-refractivity contribution < 1.29 is 64.8 Å². The highest BCUT2D eigenvalue weighted by atomic mass is 16.4. The van der Waals surface area contributed by atoms with E-state index in [1.165, 1.54) is 148 Å². The molecule has 15 aliphatic rings. The summed E-state index contributed by atoms with van der Waals surface area (Å²) >= 11 is 0. The number of carboxylic acid groups (broad SMARTS) is 5. The fourth-order valence-electron chi connectivity index (χ4n) is 31.4. The molecule has 99 heavy (non-hydrogen) atoms. The second-order valence-corrected chi connectivity index (χ2v) is 37.8. The van der Waals surface area contributed by atoms with E-state index in [2.05, 4.69) is 69.2 Å². The lowest BCUT2D eigenvalue weighted by Crippen LogP contribution is -2.44. The van der Waals surface area contributed by atoms with Crippen LogP contribution in [0, 0.1) is 207 Å². The number of aliphatic carboxylic acids is 5. The van der Waals surface area contributed by atoms with Crippen molar-refractivity contribution in [2.45, 2.75) is 299 Å². The smallest absolute Gasteiger partial charge is 0.306 e. The summed E-state index contributed by atoms with van der Waals surface area (Å²) in [7, 11) is 0. The maximum atomic E-state index is 11.1. The Morgan fingerprint density at radius 1 is 0.333 bits per heavy atom. The molecule has 0 aromatic rings. The zero-order valence-corrected chi connectivity index (χ0v) is 63.6. The Balaban J connectivity index is 0.000000125. The van der Waals surface area contributed by atoms with Crippen molar-refractivity contribution in [3.63, 3.8) is 0 Å². The van der Waals surface area contributed by atoms with Crippen LogP contribution in [0.15, 0.2) is 0 Å². The average Bonchev–Trinajstić information content (AvgIpc) is 1.60. The number of fused-ring (bicyclic) bond motifs is 25. The van der Waals surface area contributed by atoms with Crippen LogP contribution < -0.4 is 0 Å². The van der Waals surface area contributed by atoms with E-state index >= 15 is 0 Å². The number of carboxylic acids is 5. The fraction of sp³-hybridized carbons (Fsp3) is 0.942. The minimum Gasteiger partial charge on any atom is -0.481 e. The Kier molecular flexibility index (Phi) is 25.4. The molecule has 15 fully saturated rings. The SMILES string of the molecule is CCC1CC(CC)C2C3CC(CC3C(C)(O)CC(=O)O)C12.CCC1CC(CC)C2C3CC(CC3C(O)CC(=O)O)C12.CCC1CC(CC)C2C3CC(CC3CC(=O)O)C12.CCC1CC(CC)C2C3CC(CC3CC(O)CC(=O)O)C12.CCC1CC(CC)C2C3CC(CC3CCC(=O)O)C12. The number of hydrogen-bond acceptors (Lipinski definition) is 8. The molecule has 38 atom stereocenters. The van der Waals surface area contributed by atoms with Crippen LogP contribution in [0.3, 0.4) is 0 Å². The van der Waals surface area contributed by atoms with Crippen molar-refractivity contribution >= 4 is 29.8 Å². The summed E-state index contributed by atoms with van der Waals surface area (Å²) in [5.74, 6) is 24.0. The molecule has 15 aliphatic carbocycles. The van der Waals surface area contributed by atoms with Crippen LogP contribution in [-0.2, 0) is 24.0 Å². The largest absolute Gasteiger partial charge is 0.481 e. The lowest BCUT2D eigenvalue weighted by Gasteiger charge is -2.42. The highest BCUT2D eigenvalue weighted by Gasteiger charge is 2.66. The van der Waals surface area contributed by atoms with Crippen LogP contribution in [0.4, 0.5) is 0 Å². The molecule has 8 N–H and O–H groups in total. The van der Waals surface area contributed by atoms with Gasteiger partial charge in [-0.1, -0.05) is 133 Å². The number of rotatable bonds is 25. The summed E-state index contributed by atoms with van der Waals surface area (Å²) < 4.78 is 0. The zero-order chi connectivity index (χ0) is 71.4. The minimum absolute atomic E-state index is 0.0702. The van der Waals surface area contributed by atoms with E-state index in [0.29, 0.717) is 42.9 Å². The van der Waals surface area contributed by atoms with Crippen LogP contribution >= 0.6 is 0 Å². The van der Waals surface area contributed by atoms with Gasteiger partial charge in [0, 0.05) is 12.8 Å². The molecule has 0 aromatic heterocycles. The van der Waals surface area contributed by atoms with Gasteiger partial charge in [-0.25, -0.2) is 0 Å². The van der Waals surface area contributed by atoms with Gasteiger partial charge in [0.15, 0.2) is 0 Å². The molecule has 0 saturated heterocycles. The molecule has 0 aromatic carbocycles. The fourth-order valence-corrected chi connectivity index (χ4v) is 31.4. The summed E-state index contributed by atoms with van der Waals surface area (Å²) in [5.41, 5.74) is -1.03. The molecule has 564 valence electrons. The molecule has 15 rings (SSSR count).